The van der Waals surface area contributed by atoms with Crippen LogP contribution in [0.3, 0.4) is 0 Å². The molecule has 0 spiro atoms. The number of hydroxylamine groups is 1. The minimum Gasteiger partial charge on any atom is -0.624 e. The lowest BCUT2D eigenvalue weighted by molar-refractivity contribution is -0.563. The van der Waals surface area contributed by atoms with Crippen LogP contribution in [-0.2, 0) is 0 Å². The van der Waals surface area contributed by atoms with Gasteiger partial charge >= 0.3 is 0 Å². The quantitative estimate of drug-likeness (QED) is 0.262. The fourth-order valence-corrected chi connectivity index (χ4v) is 4.37. The summed E-state index contributed by atoms with van der Waals surface area (Å²) in [6, 6.07) is 0. The molecule has 0 radical (unpaired) electrons. The first-order valence-electron chi connectivity index (χ1n) is 5.46. The molecule has 72 valence electrons. The summed E-state index contributed by atoms with van der Waals surface area (Å²) in [5.41, 5.74) is -0.0330. The third-order valence-electron chi connectivity index (χ3n) is 4.53. The number of hydrogen-bond donors (Lipinski definition) is 0. The highest BCUT2D eigenvalue weighted by Gasteiger charge is 2.55. The van der Waals surface area contributed by atoms with Gasteiger partial charge < -0.3 is 5.21 Å². The van der Waals surface area contributed by atoms with Gasteiger partial charge in [0.1, 0.15) is 6.72 Å². The molecular weight excluding hydrogens is 162 g/mol. The van der Waals surface area contributed by atoms with Crippen molar-refractivity contribution in [2.75, 3.05) is 0 Å². The van der Waals surface area contributed by atoms with Gasteiger partial charge in [-0.25, -0.2) is 4.74 Å². The summed E-state index contributed by atoms with van der Waals surface area (Å²) in [4.78, 5) is 0. The lowest BCUT2D eigenvalue weighted by atomic mass is 9.53. The summed E-state index contributed by atoms with van der Waals surface area (Å²) in [6.07, 6.45) is 7.58. The van der Waals surface area contributed by atoms with Crippen molar-refractivity contribution in [2.24, 2.45) is 17.8 Å². The van der Waals surface area contributed by atoms with Gasteiger partial charge in [0.15, 0.2) is 5.54 Å². The molecule has 4 saturated carbocycles. The molecule has 0 amide bonds. The summed E-state index contributed by atoms with van der Waals surface area (Å²) in [5, 5.41) is 11.5. The summed E-state index contributed by atoms with van der Waals surface area (Å²) in [5.74, 6) is 2.55. The van der Waals surface area contributed by atoms with Crippen LogP contribution in [0, 0.1) is 23.0 Å². The van der Waals surface area contributed by atoms with Gasteiger partial charge in [0.05, 0.1) is 0 Å². The van der Waals surface area contributed by atoms with Gasteiger partial charge in [-0.15, -0.1) is 0 Å². The van der Waals surface area contributed by atoms with E-state index in [9.17, 15) is 5.21 Å². The number of nitrogens with zero attached hydrogens (tertiary/aromatic N) is 1. The average Bonchev–Trinajstić information content (AvgIpc) is 2.00. The van der Waals surface area contributed by atoms with E-state index in [-0.39, 0.29) is 5.54 Å². The molecule has 0 heterocycles. The van der Waals surface area contributed by atoms with E-state index in [1.807, 2.05) is 0 Å². The van der Waals surface area contributed by atoms with Crippen LogP contribution >= 0.6 is 0 Å². The molecule has 4 rings (SSSR count). The fourth-order valence-electron chi connectivity index (χ4n) is 4.37. The van der Waals surface area contributed by atoms with Gasteiger partial charge in [-0.1, -0.05) is 0 Å². The first-order valence-corrected chi connectivity index (χ1v) is 5.46. The second-order valence-electron chi connectivity index (χ2n) is 5.52. The predicted molar refractivity (Wildman–Crippen MR) is 51.7 cm³/mol. The van der Waals surface area contributed by atoms with Crippen LogP contribution in [0.25, 0.3) is 0 Å². The Morgan fingerprint density at radius 2 is 1.38 bits per heavy atom. The highest BCUT2D eigenvalue weighted by Crippen LogP contribution is 2.56. The molecule has 4 aliphatic carbocycles. The van der Waals surface area contributed by atoms with Crippen LogP contribution in [0.5, 0.6) is 0 Å². The Morgan fingerprint density at radius 3 is 1.69 bits per heavy atom. The molecular formula is C11H17NO. The minimum absolute atomic E-state index is 0.0330. The molecule has 0 N–H and O–H groups in total. The van der Waals surface area contributed by atoms with Crippen molar-refractivity contribution in [3.05, 3.63) is 5.21 Å². The predicted octanol–water partition coefficient (Wildman–Crippen LogP) is 2.17. The van der Waals surface area contributed by atoms with Crippen LogP contribution in [0.1, 0.15) is 38.5 Å². The molecule has 4 aliphatic rings. The summed E-state index contributed by atoms with van der Waals surface area (Å²) in [6.45, 7) is 3.61. The zero-order chi connectivity index (χ0) is 9.05. The van der Waals surface area contributed by atoms with Crippen molar-refractivity contribution in [1.29, 1.82) is 0 Å². The molecule has 2 nitrogen and oxygen atoms in total. The second kappa shape index (κ2) is 2.28. The van der Waals surface area contributed by atoms with Gasteiger partial charge in [-0.3, -0.25) is 0 Å². The van der Waals surface area contributed by atoms with Crippen LogP contribution < -0.4 is 0 Å². The van der Waals surface area contributed by atoms with E-state index in [0.29, 0.717) is 0 Å². The smallest absolute Gasteiger partial charge is 0.173 e. The van der Waals surface area contributed by atoms with E-state index in [1.54, 1.807) is 0 Å². The third-order valence-corrected chi connectivity index (χ3v) is 4.53. The fraction of sp³-hybridized carbons (Fsp3) is 0.909. The van der Waals surface area contributed by atoms with Crippen molar-refractivity contribution in [3.8, 4) is 0 Å². The van der Waals surface area contributed by atoms with E-state index in [0.717, 1.165) is 41.8 Å². The summed E-state index contributed by atoms with van der Waals surface area (Å²) in [7, 11) is 0. The van der Waals surface area contributed by atoms with Gasteiger partial charge in [-0.2, -0.15) is 0 Å². The molecule has 0 aliphatic heterocycles. The Labute approximate surface area is 79.2 Å². The Balaban J connectivity index is 1.95. The normalized spacial score (nSPS) is 52.5. The minimum atomic E-state index is -0.0330. The zero-order valence-corrected chi connectivity index (χ0v) is 8.04. The van der Waals surface area contributed by atoms with Crippen LogP contribution in [0.15, 0.2) is 0 Å². The lowest BCUT2D eigenvalue weighted by Gasteiger charge is -2.53. The van der Waals surface area contributed by atoms with Crippen molar-refractivity contribution in [1.82, 2.24) is 0 Å². The monoisotopic (exact) mass is 179 g/mol. The molecule has 13 heavy (non-hydrogen) atoms. The average molecular weight is 179 g/mol. The topological polar surface area (TPSA) is 26.1 Å². The van der Waals surface area contributed by atoms with E-state index in [1.165, 1.54) is 19.3 Å². The van der Waals surface area contributed by atoms with Crippen molar-refractivity contribution >= 4 is 6.72 Å². The van der Waals surface area contributed by atoms with Crippen LogP contribution in [-0.4, -0.2) is 17.0 Å². The van der Waals surface area contributed by atoms with Gasteiger partial charge in [0.2, 0.25) is 0 Å². The molecule has 0 aromatic carbocycles. The van der Waals surface area contributed by atoms with Crippen LogP contribution in [0.2, 0.25) is 0 Å². The molecule has 0 aromatic rings. The van der Waals surface area contributed by atoms with Crippen molar-refractivity contribution in [3.63, 3.8) is 0 Å². The SMILES string of the molecule is C=[N+]([O-])C12CC3CC(CC(C3)C1)C2. The maximum atomic E-state index is 11.5. The maximum Gasteiger partial charge on any atom is 0.173 e. The Morgan fingerprint density at radius 1 is 1.00 bits per heavy atom. The van der Waals surface area contributed by atoms with E-state index in [4.69, 9.17) is 0 Å². The third kappa shape index (κ3) is 0.976. The largest absolute Gasteiger partial charge is 0.624 e. The highest BCUT2D eigenvalue weighted by atomic mass is 16.5. The van der Waals surface area contributed by atoms with E-state index in [2.05, 4.69) is 6.72 Å². The number of rotatable bonds is 1. The molecule has 0 unspecified atom stereocenters. The standard InChI is InChI=1S/C11H17NO/c1-12(13)11-5-8-2-9(6-11)4-10(3-8)7-11/h8-10H,1-7H2. The van der Waals surface area contributed by atoms with Crippen LogP contribution in [0.4, 0.5) is 0 Å². The summed E-state index contributed by atoms with van der Waals surface area (Å²) < 4.78 is 1.04. The summed E-state index contributed by atoms with van der Waals surface area (Å²) >= 11 is 0. The maximum absolute atomic E-state index is 11.5. The second-order valence-corrected chi connectivity index (χ2v) is 5.52. The first-order chi connectivity index (χ1) is 6.18. The van der Waals surface area contributed by atoms with E-state index >= 15 is 0 Å². The molecule has 0 atom stereocenters. The zero-order valence-electron chi connectivity index (χ0n) is 8.04. The molecule has 0 aromatic heterocycles. The highest BCUT2D eigenvalue weighted by molar-refractivity contribution is 5.17. The van der Waals surface area contributed by atoms with E-state index < -0.39 is 0 Å². The van der Waals surface area contributed by atoms with Gasteiger partial charge in [0.25, 0.3) is 0 Å². The molecule has 4 bridgehead atoms. The first kappa shape index (κ1) is 7.84. The van der Waals surface area contributed by atoms with Gasteiger partial charge in [-0.05, 0) is 37.0 Å². The Bertz CT molecular complexity index is 224. The number of hydrogen-bond acceptors (Lipinski definition) is 1. The lowest BCUT2D eigenvalue weighted by Crippen LogP contribution is -2.55. The van der Waals surface area contributed by atoms with Gasteiger partial charge in [0, 0.05) is 19.3 Å². The van der Waals surface area contributed by atoms with Crippen molar-refractivity contribution in [2.45, 2.75) is 44.1 Å². The Kier molecular flexibility index (Phi) is 1.38. The molecule has 2 heteroatoms. The Hall–Kier alpha value is -0.530. The van der Waals surface area contributed by atoms with Crippen molar-refractivity contribution < 1.29 is 4.74 Å². The molecule has 0 saturated heterocycles. The molecule has 4 fully saturated rings.